The Labute approximate surface area is 157 Å². The minimum atomic E-state index is -3.55. The quantitative estimate of drug-likeness (QED) is 0.809. The largest absolute Gasteiger partial charge is 0.372 e. The lowest BCUT2D eigenvalue weighted by molar-refractivity contribution is -0.0238. The lowest BCUT2D eigenvalue weighted by atomic mass is 9.67. The predicted octanol–water partition coefficient (Wildman–Crippen LogP) is 4.10. The summed E-state index contributed by atoms with van der Waals surface area (Å²) in [5, 5.41) is 0. The Bertz CT molecular complexity index is 778. The number of aryl methyl sites for hydroxylation is 1. The molecule has 2 spiro atoms. The molecule has 142 valence electrons. The second kappa shape index (κ2) is 6.77. The Morgan fingerprint density at radius 2 is 1.81 bits per heavy atom. The molecule has 0 amide bonds. The summed E-state index contributed by atoms with van der Waals surface area (Å²) in [6, 6.07) is 6.85. The minimum absolute atomic E-state index is 0.194. The number of hydrogen-bond donors (Lipinski definition) is 1. The fourth-order valence-corrected chi connectivity index (χ4v) is 6.33. The third kappa shape index (κ3) is 3.37. The lowest BCUT2D eigenvalue weighted by Crippen LogP contribution is -2.53. The third-order valence-electron chi connectivity index (χ3n) is 6.52. The van der Waals surface area contributed by atoms with E-state index in [1.54, 1.807) is 12.1 Å². The van der Waals surface area contributed by atoms with E-state index in [0.29, 0.717) is 11.3 Å². The Morgan fingerprint density at radius 3 is 2.54 bits per heavy atom. The summed E-state index contributed by atoms with van der Waals surface area (Å²) in [4.78, 5) is 0.332. The van der Waals surface area contributed by atoms with Crippen LogP contribution in [0.3, 0.4) is 0 Å². The summed E-state index contributed by atoms with van der Waals surface area (Å²) in [6.07, 6.45) is 13.0. The highest BCUT2D eigenvalue weighted by atomic mass is 32.2. The van der Waals surface area contributed by atoms with Gasteiger partial charge in [-0.1, -0.05) is 49.1 Å². The normalized spacial score (nSPS) is 30.9. The van der Waals surface area contributed by atoms with E-state index >= 15 is 0 Å². The molecule has 2 fully saturated rings. The van der Waals surface area contributed by atoms with Gasteiger partial charge in [-0.05, 0) is 56.6 Å². The van der Waals surface area contributed by atoms with Gasteiger partial charge in [0.1, 0.15) is 0 Å². The Balaban J connectivity index is 1.57. The summed E-state index contributed by atoms with van der Waals surface area (Å²) < 4.78 is 35.2. The van der Waals surface area contributed by atoms with Crippen LogP contribution in [0, 0.1) is 12.3 Å². The van der Waals surface area contributed by atoms with Crippen molar-refractivity contribution in [2.75, 3.05) is 6.61 Å². The smallest absolute Gasteiger partial charge is 0.240 e. The monoisotopic (exact) mass is 375 g/mol. The van der Waals surface area contributed by atoms with E-state index in [9.17, 15) is 8.42 Å². The van der Waals surface area contributed by atoms with Crippen LogP contribution in [-0.2, 0) is 14.8 Å². The molecule has 0 unspecified atom stereocenters. The van der Waals surface area contributed by atoms with Gasteiger partial charge in [-0.25, -0.2) is 13.1 Å². The van der Waals surface area contributed by atoms with E-state index < -0.39 is 10.0 Å². The van der Waals surface area contributed by atoms with E-state index in [-0.39, 0.29) is 17.1 Å². The molecular formula is C21H29NO3S. The first-order chi connectivity index (χ1) is 12.4. The first-order valence-electron chi connectivity index (χ1n) is 9.81. The zero-order valence-corrected chi connectivity index (χ0v) is 16.4. The average Bonchev–Trinajstić information content (AvgIpc) is 2.97. The highest BCUT2D eigenvalue weighted by Gasteiger charge is 2.54. The fourth-order valence-electron chi connectivity index (χ4n) is 5.01. The van der Waals surface area contributed by atoms with Gasteiger partial charge in [0.15, 0.2) is 0 Å². The molecule has 2 atom stereocenters. The first kappa shape index (κ1) is 18.2. The zero-order chi connectivity index (χ0) is 18.3. The number of hydrogen-bond acceptors (Lipinski definition) is 3. The minimum Gasteiger partial charge on any atom is -0.372 e. The van der Waals surface area contributed by atoms with Gasteiger partial charge in [0.2, 0.25) is 10.0 Å². The van der Waals surface area contributed by atoms with E-state index in [1.165, 1.54) is 32.1 Å². The molecule has 5 heteroatoms. The number of nitrogens with one attached hydrogen (secondary N) is 1. The lowest BCUT2D eigenvalue weighted by Gasteiger charge is -2.40. The number of rotatable bonds is 3. The molecule has 2 aliphatic carbocycles. The highest BCUT2D eigenvalue weighted by Crippen LogP contribution is 2.52. The van der Waals surface area contributed by atoms with Gasteiger partial charge in [0, 0.05) is 0 Å². The second-order valence-corrected chi connectivity index (χ2v) is 10.2. The third-order valence-corrected chi connectivity index (χ3v) is 8.01. The number of benzene rings is 1. The summed E-state index contributed by atoms with van der Waals surface area (Å²) in [6.45, 7) is 2.74. The molecule has 4 rings (SSSR count). The summed E-state index contributed by atoms with van der Waals surface area (Å²) >= 11 is 0. The molecule has 1 aliphatic heterocycles. The van der Waals surface area contributed by atoms with E-state index in [2.05, 4.69) is 16.9 Å². The van der Waals surface area contributed by atoms with E-state index in [1.807, 2.05) is 19.1 Å². The Hall–Kier alpha value is -1.17. The molecule has 3 aliphatic rings. The summed E-state index contributed by atoms with van der Waals surface area (Å²) in [5.74, 6) is 0. The van der Waals surface area contributed by atoms with Crippen LogP contribution in [-0.4, -0.2) is 26.7 Å². The molecule has 1 aromatic carbocycles. The maximum absolute atomic E-state index is 12.9. The molecule has 0 bridgehead atoms. The number of ether oxygens (including phenoxy) is 1. The van der Waals surface area contributed by atoms with Crippen molar-refractivity contribution in [3.63, 3.8) is 0 Å². The van der Waals surface area contributed by atoms with Crippen LogP contribution in [0.1, 0.15) is 56.9 Å². The predicted molar refractivity (Wildman–Crippen MR) is 102 cm³/mol. The average molecular weight is 376 g/mol. The van der Waals surface area contributed by atoms with Crippen LogP contribution in [0.2, 0.25) is 0 Å². The molecule has 1 saturated carbocycles. The van der Waals surface area contributed by atoms with Gasteiger partial charge in [0.05, 0.1) is 23.1 Å². The van der Waals surface area contributed by atoms with Gasteiger partial charge in [0.25, 0.3) is 0 Å². The standard InChI is InChI=1S/C21H29NO3S/c1-17-8-10-18(11-9-17)26(23,24)22-19-7-3-6-14-21(19)15-20(16-25-21)12-4-2-5-13-20/h3,6,8-11,19,22H,2,4-5,7,12-16H2,1H3/t19-,21+/m0/s1. The topological polar surface area (TPSA) is 55.4 Å². The molecule has 26 heavy (non-hydrogen) atoms. The molecule has 4 nitrogen and oxygen atoms in total. The first-order valence-corrected chi connectivity index (χ1v) is 11.3. The SMILES string of the molecule is Cc1ccc(S(=O)(=O)N[C@H]2CC=CC[C@@]23CC2(CCCCC2)CO3)cc1. The van der Waals surface area contributed by atoms with Gasteiger partial charge in [-0.2, -0.15) is 0 Å². The van der Waals surface area contributed by atoms with Crippen molar-refractivity contribution in [1.82, 2.24) is 4.72 Å². The van der Waals surface area contributed by atoms with Crippen LogP contribution in [0.15, 0.2) is 41.3 Å². The van der Waals surface area contributed by atoms with Crippen LogP contribution < -0.4 is 4.72 Å². The molecule has 1 aromatic rings. The molecule has 1 N–H and O–H groups in total. The van der Waals surface area contributed by atoms with Gasteiger partial charge in [-0.3, -0.25) is 0 Å². The van der Waals surface area contributed by atoms with Crippen LogP contribution in [0.4, 0.5) is 0 Å². The molecule has 1 heterocycles. The van der Waals surface area contributed by atoms with Crippen LogP contribution in [0.25, 0.3) is 0 Å². The Kier molecular flexibility index (Phi) is 4.74. The molecule has 1 saturated heterocycles. The van der Waals surface area contributed by atoms with Crippen molar-refractivity contribution in [3.8, 4) is 0 Å². The second-order valence-electron chi connectivity index (χ2n) is 8.49. The fraction of sp³-hybridized carbons (Fsp3) is 0.619. The maximum atomic E-state index is 12.9. The summed E-state index contributed by atoms with van der Waals surface area (Å²) in [7, 11) is -3.55. The summed E-state index contributed by atoms with van der Waals surface area (Å²) in [5.41, 5.74) is 0.931. The van der Waals surface area contributed by atoms with Crippen molar-refractivity contribution < 1.29 is 13.2 Å². The van der Waals surface area contributed by atoms with E-state index in [4.69, 9.17) is 4.74 Å². The Morgan fingerprint density at radius 1 is 1.08 bits per heavy atom. The molecular weight excluding hydrogens is 346 g/mol. The molecule has 0 aromatic heterocycles. The van der Waals surface area contributed by atoms with Crippen molar-refractivity contribution in [2.24, 2.45) is 5.41 Å². The van der Waals surface area contributed by atoms with Gasteiger partial charge in [-0.15, -0.1) is 0 Å². The van der Waals surface area contributed by atoms with Crippen molar-refractivity contribution >= 4 is 10.0 Å². The van der Waals surface area contributed by atoms with E-state index in [0.717, 1.165) is 25.0 Å². The van der Waals surface area contributed by atoms with Crippen molar-refractivity contribution in [3.05, 3.63) is 42.0 Å². The van der Waals surface area contributed by atoms with Crippen LogP contribution in [0.5, 0.6) is 0 Å². The highest BCUT2D eigenvalue weighted by molar-refractivity contribution is 7.89. The zero-order valence-electron chi connectivity index (χ0n) is 15.5. The van der Waals surface area contributed by atoms with Crippen molar-refractivity contribution in [1.29, 1.82) is 0 Å². The van der Waals surface area contributed by atoms with Crippen LogP contribution >= 0.6 is 0 Å². The molecule has 0 radical (unpaired) electrons. The number of sulfonamides is 1. The van der Waals surface area contributed by atoms with Gasteiger partial charge >= 0.3 is 0 Å². The maximum Gasteiger partial charge on any atom is 0.240 e. The van der Waals surface area contributed by atoms with Gasteiger partial charge < -0.3 is 4.74 Å². The van der Waals surface area contributed by atoms with Crippen molar-refractivity contribution in [2.45, 2.75) is 74.8 Å².